The number of carbonyl (C=O) groups is 2. The summed E-state index contributed by atoms with van der Waals surface area (Å²) >= 11 is 0. The summed E-state index contributed by atoms with van der Waals surface area (Å²) in [4.78, 5) is 26.1. The number of carbonyl (C=O) groups excluding carboxylic acids is 2. The summed E-state index contributed by atoms with van der Waals surface area (Å²) in [5.41, 5.74) is 2.04. The van der Waals surface area contributed by atoms with Crippen molar-refractivity contribution < 1.29 is 14.3 Å². The van der Waals surface area contributed by atoms with Crippen LogP contribution in [0, 0.1) is 0 Å². The van der Waals surface area contributed by atoms with Gasteiger partial charge in [0.05, 0.1) is 11.3 Å². The molecule has 0 aliphatic carbocycles. The fourth-order valence-corrected chi connectivity index (χ4v) is 2.53. The van der Waals surface area contributed by atoms with Crippen molar-refractivity contribution >= 4 is 17.5 Å². The molecule has 23 heavy (non-hydrogen) atoms. The molecule has 118 valence electrons. The van der Waals surface area contributed by atoms with E-state index in [0.29, 0.717) is 23.5 Å². The number of anilines is 1. The summed E-state index contributed by atoms with van der Waals surface area (Å²) in [6.07, 6.45) is -0.615. The number of hydrogen-bond acceptors (Lipinski definition) is 3. The van der Waals surface area contributed by atoms with Crippen LogP contribution in [0.1, 0.15) is 22.8 Å². The molecule has 5 nitrogen and oxygen atoms in total. The molecule has 0 saturated heterocycles. The molecular weight excluding hydrogens is 292 g/mol. The topological polar surface area (TPSA) is 58.6 Å². The second-order valence-electron chi connectivity index (χ2n) is 5.58. The van der Waals surface area contributed by atoms with Gasteiger partial charge in [-0.2, -0.15) is 0 Å². The Morgan fingerprint density at radius 3 is 2.65 bits per heavy atom. The second-order valence-corrected chi connectivity index (χ2v) is 5.58. The summed E-state index contributed by atoms with van der Waals surface area (Å²) in [7, 11) is 1.75. The van der Waals surface area contributed by atoms with Crippen molar-refractivity contribution in [3.8, 4) is 5.75 Å². The van der Waals surface area contributed by atoms with Crippen molar-refractivity contribution in [3.63, 3.8) is 0 Å². The maximum atomic E-state index is 12.7. The van der Waals surface area contributed by atoms with Gasteiger partial charge in [0.25, 0.3) is 11.8 Å². The highest BCUT2D eigenvalue weighted by Gasteiger charge is 2.28. The third-order valence-electron chi connectivity index (χ3n) is 3.78. The second kappa shape index (κ2) is 6.12. The van der Waals surface area contributed by atoms with Crippen molar-refractivity contribution in [1.29, 1.82) is 0 Å². The van der Waals surface area contributed by atoms with E-state index in [2.05, 4.69) is 5.32 Å². The Bertz CT molecular complexity index is 743. The minimum Gasteiger partial charge on any atom is -0.478 e. The van der Waals surface area contributed by atoms with Crippen LogP contribution in [0.25, 0.3) is 0 Å². The first-order valence-corrected chi connectivity index (χ1v) is 7.46. The number of rotatable bonds is 3. The van der Waals surface area contributed by atoms with Crippen LogP contribution in [-0.2, 0) is 11.3 Å². The SMILES string of the molecule is CC1Oc2c(cccc2C(=O)N(C)Cc2ccccc2)NC1=O. The molecule has 2 aromatic rings. The van der Waals surface area contributed by atoms with Gasteiger partial charge in [0, 0.05) is 13.6 Å². The average Bonchev–Trinajstić information content (AvgIpc) is 2.55. The minimum atomic E-state index is -0.615. The summed E-state index contributed by atoms with van der Waals surface area (Å²) < 4.78 is 5.64. The summed E-state index contributed by atoms with van der Waals surface area (Å²) in [6, 6.07) is 15.0. The van der Waals surface area contributed by atoms with Gasteiger partial charge in [-0.05, 0) is 24.6 Å². The van der Waals surface area contributed by atoms with E-state index in [0.717, 1.165) is 5.56 Å². The van der Waals surface area contributed by atoms with Crippen LogP contribution >= 0.6 is 0 Å². The van der Waals surface area contributed by atoms with Crippen LogP contribution in [-0.4, -0.2) is 29.9 Å². The van der Waals surface area contributed by atoms with Gasteiger partial charge in [0.15, 0.2) is 11.9 Å². The number of hydrogen-bond donors (Lipinski definition) is 1. The zero-order valence-corrected chi connectivity index (χ0v) is 13.1. The zero-order valence-electron chi connectivity index (χ0n) is 13.1. The van der Waals surface area contributed by atoms with E-state index in [1.165, 1.54) is 0 Å². The molecule has 1 unspecified atom stereocenters. The Hall–Kier alpha value is -2.82. The zero-order chi connectivity index (χ0) is 16.4. The van der Waals surface area contributed by atoms with E-state index in [9.17, 15) is 9.59 Å². The summed E-state index contributed by atoms with van der Waals surface area (Å²) in [6.45, 7) is 2.17. The molecule has 2 aromatic carbocycles. The van der Waals surface area contributed by atoms with Gasteiger partial charge in [0.2, 0.25) is 0 Å². The molecule has 0 fully saturated rings. The smallest absolute Gasteiger partial charge is 0.265 e. The highest BCUT2D eigenvalue weighted by Crippen LogP contribution is 2.34. The molecule has 5 heteroatoms. The van der Waals surface area contributed by atoms with E-state index >= 15 is 0 Å². The Morgan fingerprint density at radius 1 is 1.17 bits per heavy atom. The highest BCUT2D eigenvalue weighted by molar-refractivity contribution is 6.03. The lowest BCUT2D eigenvalue weighted by molar-refractivity contribution is -0.122. The predicted octanol–water partition coefficient (Wildman–Crippen LogP) is 2.68. The molecule has 1 aliphatic heterocycles. The average molecular weight is 310 g/mol. The number of para-hydroxylation sites is 1. The first-order chi connectivity index (χ1) is 11.1. The maximum Gasteiger partial charge on any atom is 0.265 e. The van der Waals surface area contributed by atoms with Crippen molar-refractivity contribution in [1.82, 2.24) is 4.90 Å². The normalized spacial score (nSPS) is 16.1. The predicted molar refractivity (Wildman–Crippen MR) is 87.4 cm³/mol. The molecule has 1 aliphatic rings. The van der Waals surface area contributed by atoms with E-state index < -0.39 is 6.10 Å². The number of fused-ring (bicyclic) bond motifs is 1. The standard InChI is InChI=1S/C18H18N2O3/c1-12-17(21)19-15-10-6-9-14(16(15)23-12)18(22)20(2)11-13-7-4-3-5-8-13/h3-10,12H,11H2,1-2H3,(H,19,21). The molecule has 0 spiro atoms. The van der Waals surface area contributed by atoms with Gasteiger partial charge in [-0.1, -0.05) is 36.4 Å². The van der Waals surface area contributed by atoms with E-state index in [-0.39, 0.29) is 11.8 Å². The molecule has 0 radical (unpaired) electrons. The lowest BCUT2D eigenvalue weighted by atomic mass is 10.1. The lowest BCUT2D eigenvalue weighted by Gasteiger charge is -2.26. The van der Waals surface area contributed by atoms with Crippen LogP contribution in [0.3, 0.4) is 0 Å². The minimum absolute atomic E-state index is 0.144. The summed E-state index contributed by atoms with van der Waals surface area (Å²) in [5, 5.41) is 2.76. The third-order valence-corrected chi connectivity index (χ3v) is 3.78. The molecule has 3 rings (SSSR count). The number of ether oxygens (including phenoxy) is 1. The third kappa shape index (κ3) is 3.04. The Morgan fingerprint density at radius 2 is 1.91 bits per heavy atom. The molecule has 1 heterocycles. The van der Waals surface area contributed by atoms with E-state index in [1.807, 2.05) is 30.3 Å². The van der Waals surface area contributed by atoms with Crippen LogP contribution in [0.2, 0.25) is 0 Å². The molecule has 0 saturated carbocycles. The van der Waals surface area contributed by atoms with Gasteiger partial charge >= 0.3 is 0 Å². The molecular formula is C18H18N2O3. The number of benzene rings is 2. The van der Waals surface area contributed by atoms with Crippen molar-refractivity contribution in [2.75, 3.05) is 12.4 Å². The lowest BCUT2D eigenvalue weighted by Crippen LogP contribution is -2.36. The Kier molecular flexibility index (Phi) is 4.02. The molecule has 1 N–H and O–H groups in total. The first kappa shape index (κ1) is 15.1. The first-order valence-electron chi connectivity index (χ1n) is 7.46. The Labute approximate surface area is 134 Å². The number of amides is 2. The van der Waals surface area contributed by atoms with Crippen LogP contribution in [0.5, 0.6) is 5.75 Å². The van der Waals surface area contributed by atoms with E-state index in [1.54, 1.807) is 37.1 Å². The largest absolute Gasteiger partial charge is 0.478 e. The maximum absolute atomic E-state index is 12.7. The van der Waals surface area contributed by atoms with Crippen molar-refractivity contribution in [2.24, 2.45) is 0 Å². The van der Waals surface area contributed by atoms with Gasteiger partial charge < -0.3 is 15.0 Å². The molecule has 2 amide bonds. The van der Waals surface area contributed by atoms with Gasteiger partial charge in [-0.3, -0.25) is 9.59 Å². The van der Waals surface area contributed by atoms with Crippen molar-refractivity contribution in [2.45, 2.75) is 19.6 Å². The van der Waals surface area contributed by atoms with Gasteiger partial charge in [-0.15, -0.1) is 0 Å². The van der Waals surface area contributed by atoms with Crippen LogP contribution in [0.15, 0.2) is 48.5 Å². The highest BCUT2D eigenvalue weighted by atomic mass is 16.5. The Balaban J connectivity index is 1.85. The fourth-order valence-electron chi connectivity index (χ4n) is 2.53. The van der Waals surface area contributed by atoms with Crippen LogP contribution < -0.4 is 10.1 Å². The molecule has 1 atom stereocenters. The van der Waals surface area contributed by atoms with Gasteiger partial charge in [0.1, 0.15) is 0 Å². The van der Waals surface area contributed by atoms with Gasteiger partial charge in [-0.25, -0.2) is 0 Å². The molecule has 0 bridgehead atoms. The van der Waals surface area contributed by atoms with E-state index in [4.69, 9.17) is 4.74 Å². The van der Waals surface area contributed by atoms with Crippen molar-refractivity contribution in [3.05, 3.63) is 59.7 Å². The number of nitrogens with one attached hydrogen (secondary N) is 1. The number of nitrogens with zero attached hydrogens (tertiary/aromatic N) is 1. The fraction of sp³-hybridized carbons (Fsp3) is 0.222. The quantitative estimate of drug-likeness (QED) is 0.948. The molecule has 0 aromatic heterocycles. The van der Waals surface area contributed by atoms with Crippen LogP contribution in [0.4, 0.5) is 5.69 Å². The summed E-state index contributed by atoms with van der Waals surface area (Å²) in [5.74, 6) is 0.0818. The monoisotopic (exact) mass is 310 g/mol.